The van der Waals surface area contributed by atoms with Gasteiger partial charge in [0.15, 0.2) is 0 Å². The Labute approximate surface area is 216 Å². The van der Waals surface area contributed by atoms with Gasteiger partial charge in [-0.15, -0.1) is 0 Å². The van der Waals surface area contributed by atoms with Crippen molar-refractivity contribution in [3.8, 4) is 0 Å². The van der Waals surface area contributed by atoms with Crippen LogP contribution in [0.2, 0.25) is 0 Å². The zero-order valence-electron chi connectivity index (χ0n) is 23.1. The maximum atomic E-state index is 12.4. The third-order valence-corrected chi connectivity index (χ3v) is 13.5. The summed E-state index contributed by atoms with van der Waals surface area (Å²) in [5.41, 5.74) is 0.644. The molecule has 0 spiro atoms. The quantitative estimate of drug-likeness (QED) is 0.466. The van der Waals surface area contributed by atoms with Gasteiger partial charge < -0.3 is 15.5 Å². The summed E-state index contributed by atoms with van der Waals surface area (Å²) >= 11 is 0. The molecule has 0 aromatic carbocycles. The van der Waals surface area contributed by atoms with Crippen LogP contribution in [0.1, 0.15) is 98.8 Å². The smallest absolute Gasteiger partial charge is 0.220 e. The minimum absolute atomic E-state index is 0.0722. The van der Waals surface area contributed by atoms with Gasteiger partial charge in [-0.1, -0.05) is 34.6 Å². The third-order valence-electron chi connectivity index (χ3n) is 12.7. The summed E-state index contributed by atoms with van der Waals surface area (Å²) in [5.74, 6) is 2.28. The number of fused-ring (bicyclic) bond motifs is 5. The lowest BCUT2D eigenvalue weighted by Gasteiger charge is -2.69. The second-order valence-corrected chi connectivity index (χ2v) is 15.4. The maximum Gasteiger partial charge on any atom is 0.220 e. The van der Waals surface area contributed by atoms with E-state index < -0.39 is 10.8 Å². The summed E-state index contributed by atoms with van der Waals surface area (Å²) in [6, 6.07) is 0. The third kappa shape index (κ3) is 4.35. The average molecular weight is 510 g/mol. The molecule has 4 saturated carbocycles. The summed E-state index contributed by atoms with van der Waals surface area (Å²) in [7, 11) is -0.879. The Morgan fingerprint density at radius 1 is 1.00 bits per heavy atom. The largest absolute Gasteiger partial charge is 0.393 e. The Morgan fingerprint density at radius 3 is 2.37 bits per heavy atom. The highest BCUT2D eigenvalue weighted by Gasteiger charge is 2.69. The molecular weight excluding hydrogens is 458 g/mol. The molecule has 4 aliphatic carbocycles. The predicted molar refractivity (Wildman–Crippen MR) is 142 cm³/mol. The molecule has 5 nitrogen and oxygen atoms in total. The maximum absolute atomic E-state index is 12.4. The van der Waals surface area contributed by atoms with Gasteiger partial charge in [-0.2, -0.15) is 0 Å². The molecule has 0 radical (unpaired) electrons. The van der Waals surface area contributed by atoms with Gasteiger partial charge in [0.2, 0.25) is 5.91 Å². The van der Waals surface area contributed by atoms with Crippen LogP contribution in [0.25, 0.3) is 0 Å². The Bertz CT molecular complexity index is 835. The fraction of sp³-hybridized carbons (Fsp3) is 0.966. The van der Waals surface area contributed by atoms with Gasteiger partial charge in [0.05, 0.1) is 12.2 Å². The highest BCUT2D eigenvalue weighted by molar-refractivity contribution is 7.84. The summed E-state index contributed by atoms with van der Waals surface area (Å²) in [6.45, 7) is 12.8. The van der Waals surface area contributed by atoms with E-state index in [1.807, 2.05) is 0 Å². The van der Waals surface area contributed by atoms with Gasteiger partial charge in [-0.3, -0.25) is 9.00 Å². The second kappa shape index (κ2) is 9.69. The van der Waals surface area contributed by atoms with Crippen molar-refractivity contribution in [2.75, 3.05) is 18.6 Å². The fourth-order valence-corrected chi connectivity index (χ4v) is 10.2. The molecule has 6 heteroatoms. The van der Waals surface area contributed by atoms with Crippen molar-refractivity contribution in [3.63, 3.8) is 0 Å². The zero-order valence-corrected chi connectivity index (χ0v) is 23.9. The Morgan fingerprint density at radius 2 is 1.69 bits per heavy atom. The highest BCUT2D eigenvalue weighted by atomic mass is 32.2. The number of rotatable bonds is 7. The van der Waals surface area contributed by atoms with Crippen molar-refractivity contribution in [2.45, 2.75) is 111 Å². The topological polar surface area (TPSA) is 86.6 Å². The van der Waals surface area contributed by atoms with E-state index >= 15 is 0 Å². The monoisotopic (exact) mass is 509 g/mol. The lowest BCUT2D eigenvalue weighted by atomic mass is 9.36. The minimum atomic E-state index is -0.879. The van der Waals surface area contributed by atoms with Crippen LogP contribution in [-0.4, -0.2) is 51.1 Å². The van der Waals surface area contributed by atoms with Crippen LogP contribution < -0.4 is 5.32 Å². The fourth-order valence-electron chi connectivity index (χ4n) is 9.84. The first-order valence-corrected chi connectivity index (χ1v) is 15.9. The number of carbonyl (C=O) groups excluding carboxylic acids is 1. The van der Waals surface area contributed by atoms with Crippen LogP contribution in [0.5, 0.6) is 0 Å². The van der Waals surface area contributed by atoms with Gasteiger partial charge in [-0.05, 0) is 103 Å². The Hall–Kier alpha value is -0.460. The molecule has 202 valence electrons. The van der Waals surface area contributed by atoms with E-state index in [4.69, 9.17) is 0 Å². The van der Waals surface area contributed by atoms with Crippen LogP contribution in [0.15, 0.2) is 0 Å². The molecule has 4 rings (SSSR count). The van der Waals surface area contributed by atoms with E-state index in [-0.39, 0.29) is 39.8 Å². The van der Waals surface area contributed by atoms with Crippen molar-refractivity contribution >= 4 is 16.7 Å². The first-order valence-electron chi connectivity index (χ1n) is 14.2. The molecule has 0 bridgehead atoms. The van der Waals surface area contributed by atoms with E-state index in [9.17, 15) is 19.2 Å². The molecule has 35 heavy (non-hydrogen) atoms. The highest BCUT2D eigenvalue weighted by Crippen LogP contribution is 2.75. The molecule has 1 amide bonds. The number of hydrogen-bond donors (Lipinski definition) is 3. The van der Waals surface area contributed by atoms with Gasteiger partial charge in [0, 0.05) is 35.8 Å². The number of aliphatic hydroxyl groups excluding tert-OH is 2. The zero-order chi connectivity index (χ0) is 25.8. The number of nitrogens with one attached hydrogen (secondary N) is 1. The normalized spacial score (nSPS) is 48.9. The lowest BCUT2D eigenvalue weighted by molar-refractivity contribution is -0.230. The van der Waals surface area contributed by atoms with Crippen molar-refractivity contribution in [3.05, 3.63) is 0 Å². The molecule has 0 saturated heterocycles. The molecule has 1 unspecified atom stereocenters. The molecule has 0 heterocycles. The predicted octanol–water partition coefficient (Wildman–Crippen LogP) is 4.67. The van der Waals surface area contributed by atoms with Gasteiger partial charge in [0.25, 0.3) is 0 Å². The van der Waals surface area contributed by atoms with Gasteiger partial charge in [-0.25, -0.2) is 0 Å². The van der Waals surface area contributed by atoms with Gasteiger partial charge in [0.1, 0.15) is 0 Å². The van der Waals surface area contributed by atoms with Gasteiger partial charge >= 0.3 is 0 Å². The Balaban J connectivity index is 1.49. The molecular formula is C29H51NO4S. The molecule has 4 fully saturated rings. The minimum Gasteiger partial charge on any atom is -0.393 e. The Kier molecular flexibility index (Phi) is 7.63. The number of hydrogen-bond acceptors (Lipinski definition) is 4. The van der Waals surface area contributed by atoms with Crippen LogP contribution >= 0.6 is 0 Å². The molecule has 3 N–H and O–H groups in total. The first-order chi connectivity index (χ1) is 16.3. The lowest BCUT2D eigenvalue weighted by Crippen LogP contribution is -2.64. The molecule has 0 aromatic rings. The van der Waals surface area contributed by atoms with Crippen LogP contribution in [-0.2, 0) is 15.6 Å². The van der Waals surface area contributed by atoms with E-state index in [2.05, 4.69) is 39.9 Å². The molecule has 11 atom stereocenters. The van der Waals surface area contributed by atoms with Crippen LogP contribution in [0.4, 0.5) is 0 Å². The van der Waals surface area contributed by atoms with E-state index in [1.165, 1.54) is 19.3 Å². The summed E-state index contributed by atoms with van der Waals surface area (Å²) in [6.07, 6.45) is 11.0. The molecule has 0 aromatic heterocycles. The summed E-state index contributed by atoms with van der Waals surface area (Å²) in [4.78, 5) is 12.4. The van der Waals surface area contributed by atoms with Crippen LogP contribution in [0, 0.1) is 45.3 Å². The summed E-state index contributed by atoms with van der Waals surface area (Å²) < 4.78 is 11.3. The van der Waals surface area contributed by atoms with Crippen LogP contribution in [0.3, 0.4) is 0 Å². The summed E-state index contributed by atoms with van der Waals surface area (Å²) in [5, 5.41) is 24.9. The average Bonchev–Trinajstić information content (AvgIpc) is 3.05. The van der Waals surface area contributed by atoms with E-state index in [0.717, 1.165) is 38.5 Å². The number of amides is 1. The SMILES string of the molecule is C[C@H](CCC(=O)NCCS(C)=O)[C@@]1(C)CC[C@H]2[C@@H]3[C@H](O)C[C@@H]4C[C@H](O)CC[C@]4(C)[C@@]3(C)CC[C@@]21C. The van der Waals surface area contributed by atoms with E-state index in [1.54, 1.807) is 6.26 Å². The standard InChI is InChI=1S/C29H51NO4S/c1-19(7-8-24(33)30-15-16-35(6)34)26(2)12-10-22-25-23(32)18-20-17-21(31)9-11-27(20,3)29(25,5)14-13-28(22,26)4/h19-23,25,31-32H,7-18H2,1-6H3,(H,30,33)/t19-,20+,21-,22+,23-,25-,26-,27+,28+,29+,35?/m1/s1. The molecule has 4 aliphatic rings. The van der Waals surface area contributed by atoms with Crippen molar-refractivity contribution in [1.82, 2.24) is 5.32 Å². The second-order valence-electron chi connectivity index (χ2n) is 13.8. The molecule has 0 aliphatic heterocycles. The van der Waals surface area contributed by atoms with Crippen molar-refractivity contribution in [2.24, 2.45) is 45.3 Å². The number of aliphatic hydroxyl groups is 2. The first kappa shape index (κ1) is 27.6. The van der Waals surface area contributed by atoms with Crippen molar-refractivity contribution in [1.29, 1.82) is 0 Å². The van der Waals surface area contributed by atoms with Crippen molar-refractivity contribution < 1.29 is 19.2 Å². The van der Waals surface area contributed by atoms with E-state index in [0.29, 0.717) is 42.4 Å². The number of carbonyl (C=O) groups is 1.